The third-order valence-corrected chi connectivity index (χ3v) is 3.79. The maximum atomic E-state index is 5.57. The molecule has 0 bridgehead atoms. The topological polar surface area (TPSA) is 74.7 Å². The Morgan fingerprint density at radius 2 is 2.21 bits per heavy atom. The van der Waals surface area contributed by atoms with Crippen LogP contribution in [0.5, 0.6) is 11.5 Å². The number of hydrogen-bond acceptors (Lipinski definition) is 6. The van der Waals surface area contributed by atoms with E-state index in [0.717, 1.165) is 27.7 Å². The number of thiazole rings is 1. The lowest BCUT2D eigenvalue weighted by Gasteiger charge is -2.01. The zero-order valence-corrected chi connectivity index (χ0v) is 10.7. The van der Waals surface area contributed by atoms with E-state index in [0.29, 0.717) is 12.4 Å². The molecule has 3 aromatic rings. The molecular weight excluding hydrogens is 264 g/mol. The zero-order chi connectivity index (χ0) is 12.8. The Bertz CT molecular complexity index is 764. The quantitative estimate of drug-likeness (QED) is 0.769. The molecule has 1 aliphatic rings. The van der Waals surface area contributed by atoms with Gasteiger partial charge in [0.25, 0.3) is 0 Å². The molecular formula is C12H10N4O2S. The minimum absolute atomic E-state index is 0.276. The van der Waals surface area contributed by atoms with Crippen LogP contribution in [0.2, 0.25) is 0 Å². The molecule has 0 amide bonds. The number of nitrogens with two attached hydrogens (primary N) is 1. The van der Waals surface area contributed by atoms with E-state index in [4.69, 9.17) is 15.2 Å². The first-order chi connectivity index (χ1) is 9.35. The van der Waals surface area contributed by atoms with E-state index in [1.54, 1.807) is 0 Å². The van der Waals surface area contributed by atoms with Crippen LogP contribution in [-0.4, -0.2) is 21.4 Å². The fourth-order valence-electron chi connectivity index (χ4n) is 2.06. The molecule has 96 valence electrons. The number of fused-ring (bicyclic) bond motifs is 2. The number of aromatic nitrogens is 3. The normalized spacial score (nSPS) is 13.3. The Kier molecular flexibility index (Phi) is 2.23. The predicted molar refractivity (Wildman–Crippen MR) is 70.3 cm³/mol. The van der Waals surface area contributed by atoms with Gasteiger partial charge in [-0.2, -0.15) is 0 Å². The average molecular weight is 274 g/mol. The maximum absolute atomic E-state index is 5.57. The van der Waals surface area contributed by atoms with Crippen LogP contribution in [0.15, 0.2) is 23.6 Å². The summed E-state index contributed by atoms with van der Waals surface area (Å²) in [6, 6.07) is 5.84. The van der Waals surface area contributed by atoms with Gasteiger partial charge in [0.2, 0.25) is 11.8 Å². The van der Waals surface area contributed by atoms with E-state index in [2.05, 4.69) is 10.1 Å². The second-order valence-electron chi connectivity index (χ2n) is 4.12. The molecule has 0 atom stereocenters. The molecule has 19 heavy (non-hydrogen) atoms. The zero-order valence-electron chi connectivity index (χ0n) is 9.87. The monoisotopic (exact) mass is 274 g/mol. The summed E-state index contributed by atoms with van der Waals surface area (Å²) < 4.78 is 12.5. The predicted octanol–water partition coefficient (Wildman–Crippen LogP) is 1.65. The number of rotatable bonds is 2. The smallest absolute Gasteiger partial charge is 0.231 e. The molecule has 4 rings (SSSR count). The second-order valence-corrected chi connectivity index (χ2v) is 4.95. The summed E-state index contributed by atoms with van der Waals surface area (Å²) in [6.45, 7) is 0.619. The van der Waals surface area contributed by atoms with Crippen LogP contribution in [0.3, 0.4) is 0 Å². The molecule has 0 fully saturated rings. The van der Waals surface area contributed by atoms with Gasteiger partial charge in [0, 0.05) is 10.9 Å². The summed E-state index contributed by atoms with van der Waals surface area (Å²) in [5.74, 6) is 2.18. The Balaban J connectivity index is 1.87. The molecule has 0 saturated heterocycles. The van der Waals surface area contributed by atoms with E-state index in [1.807, 2.05) is 28.1 Å². The van der Waals surface area contributed by atoms with Gasteiger partial charge in [-0.05, 0) is 18.2 Å². The fraction of sp³-hybridized carbons (Fsp3) is 0.167. The first-order valence-corrected chi connectivity index (χ1v) is 6.66. The molecule has 2 aromatic heterocycles. The largest absolute Gasteiger partial charge is 0.454 e. The summed E-state index contributed by atoms with van der Waals surface area (Å²) in [5, 5.41) is 6.40. The van der Waals surface area contributed by atoms with Gasteiger partial charge < -0.3 is 15.2 Å². The van der Waals surface area contributed by atoms with Crippen molar-refractivity contribution in [3.05, 3.63) is 29.4 Å². The SMILES string of the molecule is NCc1nc2scc(-c3ccc4c(c3)OCO4)n2n1. The molecule has 1 aliphatic heterocycles. The molecule has 0 aliphatic carbocycles. The number of benzene rings is 1. The van der Waals surface area contributed by atoms with Gasteiger partial charge in [0.05, 0.1) is 12.2 Å². The van der Waals surface area contributed by atoms with E-state index >= 15 is 0 Å². The van der Waals surface area contributed by atoms with Crippen molar-refractivity contribution in [1.82, 2.24) is 14.6 Å². The molecule has 7 heteroatoms. The highest BCUT2D eigenvalue weighted by molar-refractivity contribution is 7.15. The van der Waals surface area contributed by atoms with Crippen molar-refractivity contribution in [2.45, 2.75) is 6.54 Å². The van der Waals surface area contributed by atoms with Gasteiger partial charge in [-0.25, -0.2) is 9.50 Å². The van der Waals surface area contributed by atoms with Crippen molar-refractivity contribution in [1.29, 1.82) is 0 Å². The Morgan fingerprint density at radius 1 is 1.32 bits per heavy atom. The highest BCUT2D eigenvalue weighted by Gasteiger charge is 2.16. The molecule has 0 spiro atoms. The van der Waals surface area contributed by atoms with E-state index in [9.17, 15) is 0 Å². The summed E-state index contributed by atoms with van der Waals surface area (Å²) in [6.07, 6.45) is 0. The van der Waals surface area contributed by atoms with E-state index in [1.165, 1.54) is 11.3 Å². The highest BCUT2D eigenvalue weighted by Crippen LogP contribution is 2.36. The minimum atomic E-state index is 0.276. The van der Waals surface area contributed by atoms with Crippen LogP contribution in [0.1, 0.15) is 5.82 Å². The second kappa shape index (κ2) is 3.94. The first-order valence-electron chi connectivity index (χ1n) is 5.78. The lowest BCUT2D eigenvalue weighted by molar-refractivity contribution is 0.174. The average Bonchev–Trinajstić information content (AvgIpc) is 3.12. The van der Waals surface area contributed by atoms with Gasteiger partial charge in [0.15, 0.2) is 17.3 Å². The van der Waals surface area contributed by atoms with Crippen LogP contribution in [0, 0.1) is 0 Å². The van der Waals surface area contributed by atoms with Gasteiger partial charge in [-0.1, -0.05) is 0 Å². The van der Waals surface area contributed by atoms with Gasteiger partial charge in [-0.15, -0.1) is 16.4 Å². The summed E-state index contributed by atoms with van der Waals surface area (Å²) >= 11 is 1.54. The summed E-state index contributed by atoms with van der Waals surface area (Å²) in [7, 11) is 0. The molecule has 1 aromatic carbocycles. The molecule has 2 N–H and O–H groups in total. The molecule has 0 unspecified atom stereocenters. The van der Waals surface area contributed by atoms with Crippen molar-refractivity contribution >= 4 is 16.3 Å². The van der Waals surface area contributed by atoms with Crippen LogP contribution in [0.4, 0.5) is 0 Å². The van der Waals surface area contributed by atoms with Gasteiger partial charge in [-0.3, -0.25) is 0 Å². The van der Waals surface area contributed by atoms with Crippen LogP contribution in [-0.2, 0) is 6.54 Å². The Morgan fingerprint density at radius 3 is 3.11 bits per heavy atom. The Labute approximate surface area is 112 Å². The van der Waals surface area contributed by atoms with Crippen molar-refractivity contribution in [2.75, 3.05) is 6.79 Å². The third kappa shape index (κ3) is 1.59. The third-order valence-electron chi connectivity index (χ3n) is 2.98. The molecule has 0 saturated carbocycles. The van der Waals surface area contributed by atoms with Crippen molar-refractivity contribution < 1.29 is 9.47 Å². The van der Waals surface area contributed by atoms with Crippen LogP contribution < -0.4 is 15.2 Å². The lowest BCUT2D eigenvalue weighted by Crippen LogP contribution is -1.99. The first kappa shape index (κ1) is 10.8. The molecule has 6 nitrogen and oxygen atoms in total. The summed E-state index contributed by atoms with van der Waals surface area (Å²) in [4.78, 5) is 5.18. The van der Waals surface area contributed by atoms with Crippen molar-refractivity contribution in [3.63, 3.8) is 0 Å². The Hall–Kier alpha value is -2.12. The highest BCUT2D eigenvalue weighted by atomic mass is 32.1. The molecule has 3 heterocycles. The molecule has 0 radical (unpaired) electrons. The number of nitrogens with zero attached hydrogens (tertiary/aromatic N) is 3. The van der Waals surface area contributed by atoms with Crippen LogP contribution in [0.25, 0.3) is 16.2 Å². The van der Waals surface area contributed by atoms with Crippen molar-refractivity contribution in [2.24, 2.45) is 5.73 Å². The maximum Gasteiger partial charge on any atom is 0.231 e. The van der Waals surface area contributed by atoms with E-state index < -0.39 is 0 Å². The van der Waals surface area contributed by atoms with Crippen molar-refractivity contribution in [3.8, 4) is 22.8 Å². The number of hydrogen-bond donors (Lipinski definition) is 1. The van der Waals surface area contributed by atoms with Gasteiger partial charge in [0.1, 0.15) is 0 Å². The minimum Gasteiger partial charge on any atom is -0.454 e. The van der Waals surface area contributed by atoms with Gasteiger partial charge >= 0.3 is 0 Å². The van der Waals surface area contributed by atoms with E-state index in [-0.39, 0.29) is 6.79 Å². The fourth-order valence-corrected chi connectivity index (χ4v) is 2.91. The summed E-state index contributed by atoms with van der Waals surface area (Å²) in [5.41, 5.74) is 7.56. The van der Waals surface area contributed by atoms with Crippen LogP contribution >= 0.6 is 11.3 Å². The lowest BCUT2D eigenvalue weighted by atomic mass is 10.1. The standard InChI is InChI=1S/C12H10N4O2S/c13-4-11-14-12-16(15-11)8(5-19-12)7-1-2-9-10(3-7)18-6-17-9/h1-3,5H,4,6,13H2. The number of ether oxygens (including phenoxy) is 2.